The number of esters is 1. The summed E-state index contributed by atoms with van der Waals surface area (Å²) < 4.78 is 24.5. The third kappa shape index (κ3) is 6.27. The fourth-order valence-corrected chi connectivity index (χ4v) is 5.83. The van der Waals surface area contributed by atoms with Gasteiger partial charge in [0.15, 0.2) is 0 Å². The van der Waals surface area contributed by atoms with Crippen LogP contribution in [-0.4, -0.2) is 67.8 Å². The molecule has 0 amide bonds. The van der Waals surface area contributed by atoms with Gasteiger partial charge in [0, 0.05) is 31.8 Å². The Hall–Kier alpha value is -3.56. The SMILES string of the molecule is COC(=O)c1ccc([C@@H]2C[C@H](OCC3CC3)CCN2N(C)c2c(OC)cc(C)c3c2ccn3C(=O)OC(C)(C)C)cc1. The minimum Gasteiger partial charge on any atom is -0.494 e. The van der Waals surface area contributed by atoms with Crippen LogP contribution in [0.25, 0.3) is 10.9 Å². The van der Waals surface area contributed by atoms with Gasteiger partial charge in [-0.25, -0.2) is 14.6 Å². The van der Waals surface area contributed by atoms with Gasteiger partial charge in [-0.1, -0.05) is 12.1 Å². The zero-order valence-electron chi connectivity index (χ0n) is 25.8. The van der Waals surface area contributed by atoms with Crippen molar-refractivity contribution >= 4 is 28.7 Å². The van der Waals surface area contributed by atoms with Crippen LogP contribution < -0.4 is 9.75 Å². The number of aromatic nitrogens is 1. The second-order valence-corrected chi connectivity index (χ2v) is 12.4. The fraction of sp³-hybridized carbons (Fsp3) is 0.515. The van der Waals surface area contributed by atoms with Gasteiger partial charge in [-0.05, 0) is 94.7 Å². The van der Waals surface area contributed by atoms with Gasteiger partial charge >= 0.3 is 12.1 Å². The van der Waals surface area contributed by atoms with Gasteiger partial charge < -0.3 is 24.0 Å². The van der Waals surface area contributed by atoms with E-state index in [2.05, 4.69) is 10.0 Å². The molecule has 5 rings (SSSR count). The largest absolute Gasteiger partial charge is 0.494 e. The molecule has 226 valence electrons. The molecule has 1 saturated heterocycles. The summed E-state index contributed by atoms with van der Waals surface area (Å²) in [6.45, 7) is 9.15. The molecule has 2 aromatic carbocycles. The lowest BCUT2D eigenvalue weighted by molar-refractivity contribution is -0.0224. The van der Waals surface area contributed by atoms with Crippen LogP contribution in [0.15, 0.2) is 42.6 Å². The molecule has 9 nitrogen and oxygen atoms in total. The third-order valence-corrected chi connectivity index (χ3v) is 8.12. The molecule has 1 aliphatic carbocycles. The summed E-state index contributed by atoms with van der Waals surface area (Å²) in [5.41, 5.74) is 3.56. The van der Waals surface area contributed by atoms with E-state index >= 15 is 0 Å². The number of anilines is 1. The first kappa shape index (κ1) is 29.9. The monoisotopic (exact) mass is 577 g/mol. The maximum atomic E-state index is 13.1. The highest BCUT2D eigenvalue weighted by atomic mass is 16.6. The molecule has 2 heterocycles. The number of carbonyl (C=O) groups is 2. The zero-order valence-corrected chi connectivity index (χ0v) is 25.8. The van der Waals surface area contributed by atoms with Crippen molar-refractivity contribution in [3.8, 4) is 5.75 Å². The number of carbonyl (C=O) groups excluding carboxylic acids is 2. The molecule has 2 aliphatic rings. The zero-order chi connectivity index (χ0) is 30.2. The van der Waals surface area contributed by atoms with E-state index in [1.165, 1.54) is 20.0 Å². The Bertz CT molecular complexity index is 1440. The second kappa shape index (κ2) is 12.0. The first-order valence-electron chi connectivity index (χ1n) is 14.7. The van der Waals surface area contributed by atoms with Gasteiger partial charge in [0.2, 0.25) is 0 Å². The Labute approximate surface area is 248 Å². The molecule has 1 saturated carbocycles. The normalized spacial score (nSPS) is 19.5. The van der Waals surface area contributed by atoms with E-state index in [1.807, 2.05) is 71.1 Å². The fourth-order valence-electron chi connectivity index (χ4n) is 5.83. The second-order valence-electron chi connectivity index (χ2n) is 12.4. The van der Waals surface area contributed by atoms with E-state index in [4.69, 9.17) is 18.9 Å². The number of fused-ring (bicyclic) bond motifs is 1. The maximum absolute atomic E-state index is 13.1. The van der Waals surface area contributed by atoms with Gasteiger partial charge in [-0.3, -0.25) is 4.57 Å². The molecule has 1 aromatic heterocycles. The molecule has 1 aliphatic heterocycles. The van der Waals surface area contributed by atoms with Crippen LogP contribution in [-0.2, 0) is 14.2 Å². The van der Waals surface area contributed by atoms with E-state index in [-0.39, 0.29) is 18.1 Å². The summed E-state index contributed by atoms with van der Waals surface area (Å²) in [6, 6.07) is 11.6. The average molecular weight is 578 g/mol. The Morgan fingerprint density at radius 3 is 2.38 bits per heavy atom. The number of nitrogens with zero attached hydrogens (tertiary/aromatic N) is 3. The third-order valence-electron chi connectivity index (χ3n) is 8.12. The van der Waals surface area contributed by atoms with Crippen LogP contribution in [0.2, 0.25) is 0 Å². The number of hydrogen-bond donors (Lipinski definition) is 0. The van der Waals surface area contributed by atoms with Crippen LogP contribution in [0.5, 0.6) is 5.75 Å². The number of hydrazine groups is 1. The number of ether oxygens (including phenoxy) is 4. The summed E-state index contributed by atoms with van der Waals surface area (Å²) >= 11 is 0. The van der Waals surface area contributed by atoms with Gasteiger partial charge in [0.05, 0.1) is 37.4 Å². The Morgan fingerprint density at radius 2 is 1.76 bits per heavy atom. The van der Waals surface area contributed by atoms with Crippen molar-refractivity contribution in [1.82, 2.24) is 9.58 Å². The van der Waals surface area contributed by atoms with Crippen LogP contribution in [0.4, 0.5) is 10.5 Å². The predicted octanol–water partition coefficient (Wildman–Crippen LogP) is 6.51. The van der Waals surface area contributed by atoms with E-state index in [9.17, 15) is 9.59 Å². The molecule has 0 spiro atoms. The molecular formula is C33H43N3O6. The Morgan fingerprint density at radius 1 is 1.05 bits per heavy atom. The van der Waals surface area contributed by atoms with Crippen molar-refractivity contribution in [3.63, 3.8) is 0 Å². The van der Waals surface area contributed by atoms with Crippen molar-refractivity contribution in [2.45, 2.75) is 71.1 Å². The lowest BCUT2D eigenvalue weighted by atomic mass is 9.93. The van der Waals surface area contributed by atoms with E-state index < -0.39 is 11.7 Å². The van der Waals surface area contributed by atoms with Crippen LogP contribution in [0.1, 0.15) is 74.0 Å². The summed E-state index contributed by atoms with van der Waals surface area (Å²) in [6.07, 6.45) is 5.71. The smallest absolute Gasteiger partial charge is 0.419 e. The van der Waals surface area contributed by atoms with Crippen LogP contribution in [0.3, 0.4) is 0 Å². The summed E-state index contributed by atoms with van der Waals surface area (Å²) in [5.74, 6) is 1.06. The van der Waals surface area contributed by atoms with Crippen molar-refractivity contribution in [3.05, 3.63) is 59.3 Å². The number of piperidine rings is 1. The molecule has 0 radical (unpaired) electrons. The van der Waals surface area contributed by atoms with Crippen LogP contribution >= 0.6 is 0 Å². The van der Waals surface area contributed by atoms with Crippen molar-refractivity contribution < 1.29 is 28.5 Å². The highest BCUT2D eigenvalue weighted by molar-refractivity contribution is 6.01. The highest BCUT2D eigenvalue weighted by Gasteiger charge is 2.36. The minimum absolute atomic E-state index is 0.00588. The number of aryl methyl sites for hydroxylation is 1. The van der Waals surface area contributed by atoms with Gasteiger partial charge in [0.25, 0.3) is 0 Å². The standard InChI is InChI=1S/C33H43N3O6/c1-21-18-28(39-6)30(26-15-16-35(29(21)26)32(38)42-33(2,3)4)34(5)36-17-14-25(41-20-22-8-9-22)19-27(36)23-10-12-24(13-11-23)31(37)40-7/h10-13,15-16,18,22,25,27H,8-9,14,17,19-20H2,1-7H3/t25-,27+/m1/s1. The molecular weight excluding hydrogens is 534 g/mol. The average Bonchev–Trinajstić information content (AvgIpc) is 3.69. The highest BCUT2D eigenvalue weighted by Crippen LogP contribution is 2.43. The molecule has 0 unspecified atom stereocenters. The maximum Gasteiger partial charge on any atom is 0.419 e. The van der Waals surface area contributed by atoms with Crippen molar-refractivity contribution in [2.75, 3.05) is 39.4 Å². The van der Waals surface area contributed by atoms with E-state index in [0.717, 1.165) is 59.5 Å². The van der Waals surface area contributed by atoms with Crippen LogP contribution in [0, 0.1) is 12.8 Å². The molecule has 2 fully saturated rings. The predicted molar refractivity (Wildman–Crippen MR) is 162 cm³/mol. The Balaban J connectivity index is 1.52. The molecule has 0 bridgehead atoms. The topological polar surface area (TPSA) is 82.5 Å². The molecule has 42 heavy (non-hydrogen) atoms. The first-order valence-corrected chi connectivity index (χ1v) is 14.7. The number of hydrogen-bond acceptors (Lipinski definition) is 8. The summed E-state index contributed by atoms with van der Waals surface area (Å²) in [7, 11) is 5.10. The summed E-state index contributed by atoms with van der Waals surface area (Å²) in [4.78, 5) is 25.3. The molecule has 9 heteroatoms. The first-order chi connectivity index (χ1) is 20.0. The number of rotatable bonds is 8. The van der Waals surface area contributed by atoms with Crippen molar-refractivity contribution in [1.29, 1.82) is 0 Å². The number of methoxy groups -OCH3 is 2. The summed E-state index contributed by atoms with van der Waals surface area (Å²) in [5, 5.41) is 5.38. The molecule has 3 aromatic rings. The lowest BCUT2D eigenvalue weighted by Crippen LogP contribution is -2.49. The number of benzene rings is 2. The quantitative estimate of drug-likeness (QED) is 0.280. The van der Waals surface area contributed by atoms with E-state index in [1.54, 1.807) is 17.9 Å². The molecule has 2 atom stereocenters. The van der Waals surface area contributed by atoms with Gasteiger partial charge in [-0.15, -0.1) is 0 Å². The van der Waals surface area contributed by atoms with Gasteiger partial charge in [0.1, 0.15) is 17.0 Å². The Kier molecular flexibility index (Phi) is 8.53. The van der Waals surface area contributed by atoms with Crippen molar-refractivity contribution in [2.24, 2.45) is 5.92 Å². The van der Waals surface area contributed by atoms with E-state index in [0.29, 0.717) is 11.5 Å². The minimum atomic E-state index is -0.615. The lowest BCUT2D eigenvalue weighted by Gasteiger charge is -2.45. The van der Waals surface area contributed by atoms with Gasteiger partial charge in [-0.2, -0.15) is 0 Å². The molecule has 0 N–H and O–H groups in total.